The molecule has 10 heteroatoms. The molecule has 6 aromatic rings. The molecule has 0 bridgehead atoms. The average Bonchev–Trinajstić information content (AvgIpc) is 3.57. The van der Waals surface area contributed by atoms with Crippen LogP contribution in [-0.4, -0.2) is 28.8 Å². The molecule has 236 valence electrons. The predicted octanol–water partition coefficient (Wildman–Crippen LogP) is 7.27. The second-order valence-corrected chi connectivity index (χ2v) is 13.0. The molecular weight excluding hydrogens is 653 g/mol. The molecule has 0 fully saturated rings. The van der Waals surface area contributed by atoms with Crippen LogP contribution in [0.5, 0.6) is 5.75 Å². The van der Waals surface area contributed by atoms with E-state index in [0.717, 1.165) is 32.8 Å². The molecule has 0 N–H and O–H groups in total. The number of nitrogens with zero attached hydrogens (tertiary/aromatic N) is 3. The quantitative estimate of drug-likeness (QED) is 0.166. The lowest BCUT2D eigenvalue weighted by Gasteiger charge is -2.27. The number of hydrogen-bond donors (Lipinski definition) is 0. The second-order valence-electron chi connectivity index (χ2n) is 11.2. The number of halogens is 2. The lowest BCUT2D eigenvalue weighted by atomic mass is 9.90. The van der Waals surface area contributed by atoms with E-state index < -0.39 is 12.0 Å². The van der Waals surface area contributed by atoms with Gasteiger partial charge in [-0.3, -0.25) is 9.36 Å². The highest BCUT2D eigenvalue weighted by Gasteiger charge is 2.36. The molecule has 0 radical (unpaired) electrons. The van der Waals surface area contributed by atoms with Gasteiger partial charge in [-0.25, -0.2) is 9.79 Å². The van der Waals surface area contributed by atoms with Crippen molar-refractivity contribution < 1.29 is 14.3 Å². The number of methoxy groups -OCH3 is 1. The highest BCUT2D eigenvalue weighted by Crippen LogP contribution is 2.40. The summed E-state index contributed by atoms with van der Waals surface area (Å²) >= 11 is 13.8. The van der Waals surface area contributed by atoms with E-state index in [-0.39, 0.29) is 12.2 Å². The van der Waals surface area contributed by atoms with E-state index in [4.69, 9.17) is 37.7 Å². The van der Waals surface area contributed by atoms with Gasteiger partial charge < -0.3 is 14.0 Å². The van der Waals surface area contributed by atoms with E-state index >= 15 is 0 Å². The first kappa shape index (κ1) is 31.0. The Bertz CT molecular complexity index is 2440. The molecule has 7 rings (SSSR count). The Labute approximate surface area is 284 Å². The van der Waals surface area contributed by atoms with Crippen LogP contribution >= 0.6 is 34.5 Å². The van der Waals surface area contributed by atoms with Gasteiger partial charge in [0, 0.05) is 34.8 Å². The minimum atomic E-state index is -0.815. The van der Waals surface area contributed by atoms with Crippen molar-refractivity contribution in [3.63, 3.8) is 0 Å². The van der Waals surface area contributed by atoms with Crippen LogP contribution < -0.4 is 19.6 Å². The summed E-state index contributed by atoms with van der Waals surface area (Å²) in [5, 5.41) is 3.82. The Morgan fingerprint density at radius 3 is 2.53 bits per heavy atom. The summed E-state index contributed by atoms with van der Waals surface area (Å²) in [5.41, 5.74) is 4.13. The van der Waals surface area contributed by atoms with E-state index in [1.165, 1.54) is 11.3 Å². The van der Waals surface area contributed by atoms with E-state index in [0.29, 0.717) is 48.5 Å². The maximum absolute atomic E-state index is 14.5. The molecule has 1 atom stereocenters. The van der Waals surface area contributed by atoms with Gasteiger partial charge in [0.2, 0.25) is 0 Å². The summed E-state index contributed by atoms with van der Waals surface area (Å²) in [4.78, 5) is 33.3. The molecule has 4 aromatic carbocycles. The number of rotatable bonds is 7. The third-order valence-corrected chi connectivity index (χ3v) is 10.1. The summed E-state index contributed by atoms with van der Waals surface area (Å²) in [5.74, 6) is 0.0403. The van der Waals surface area contributed by atoms with E-state index in [9.17, 15) is 9.59 Å². The summed E-state index contributed by atoms with van der Waals surface area (Å²) in [7, 11) is 1.59. The number of esters is 1. The van der Waals surface area contributed by atoms with Crippen molar-refractivity contribution in [1.29, 1.82) is 0 Å². The number of aromatic nitrogens is 2. The average molecular weight is 683 g/mol. The Kier molecular flexibility index (Phi) is 8.26. The number of benzene rings is 4. The monoisotopic (exact) mass is 681 g/mol. The number of carbonyl (C=O) groups is 1. The maximum atomic E-state index is 14.5. The smallest absolute Gasteiger partial charge is 0.338 e. The fraction of sp³-hybridized carbons (Fsp3) is 0.162. The molecule has 1 aliphatic rings. The van der Waals surface area contributed by atoms with Crippen molar-refractivity contribution in [1.82, 2.24) is 9.13 Å². The summed E-state index contributed by atoms with van der Waals surface area (Å²) in [6, 6.07) is 24.5. The van der Waals surface area contributed by atoms with E-state index in [2.05, 4.69) is 4.57 Å². The largest absolute Gasteiger partial charge is 0.496 e. The molecule has 1 unspecified atom stereocenters. The normalized spacial score (nSPS) is 14.8. The number of para-hydroxylation sites is 1. The molecule has 47 heavy (non-hydrogen) atoms. The van der Waals surface area contributed by atoms with Gasteiger partial charge in [-0.15, -0.1) is 0 Å². The molecule has 0 amide bonds. The lowest BCUT2D eigenvalue weighted by Crippen LogP contribution is -2.40. The molecule has 0 saturated heterocycles. The highest BCUT2D eigenvalue weighted by molar-refractivity contribution is 7.07. The van der Waals surface area contributed by atoms with Crippen LogP contribution in [0.2, 0.25) is 10.0 Å². The third-order valence-electron chi connectivity index (χ3n) is 8.38. The van der Waals surface area contributed by atoms with Crippen LogP contribution in [0.3, 0.4) is 0 Å². The number of hydrogen-bond acceptors (Lipinski definition) is 6. The van der Waals surface area contributed by atoms with Crippen LogP contribution in [-0.2, 0) is 16.1 Å². The zero-order chi connectivity index (χ0) is 32.8. The minimum absolute atomic E-state index is 0.186. The Hall–Kier alpha value is -4.63. The molecule has 3 heterocycles. The summed E-state index contributed by atoms with van der Waals surface area (Å²) < 4.78 is 15.6. The molecule has 1 aliphatic heterocycles. The summed E-state index contributed by atoms with van der Waals surface area (Å²) in [6.45, 7) is 4.29. The van der Waals surface area contributed by atoms with Crippen LogP contribution in [0, 0.1) is 0 Å². The highest BCUT2D eigenvalue weighted by atomic mass is 35.5. The standard InChI is InChI=1S/C37H29Cl2N3O4S/c1-4-46-36(44)32-21(2)40-37-42(34(32)33-26-11-6-5-9-23(26)14-16-30(33)45-3)35(43)31(47-37)18-24-20-41(29-12-8-7-10-25(24)29)19-22-13-15-27(38)28(39)17-22/h5-18,20,34H,4,19H2,1-3H3/b31-18+. The zero-order valence-corrected chi connectivity index (χ0v) is 28.1. The molecule has 0 spiro atoms. The number of thiazole rings is 1. The Balaban J connectivity index is 1.44. The SMILES string of the molecule is CCOC(=O)C1=C(C)N=c2s/c(=C/c3cn(Cc4ccc(Cl)c(Cl)c4)c4ccccc34)c(=O)n2C1c1c(OC)ccc2ccccc12. The topological polar surface area (TPSA) is 74.8 Å². The minimum Gasteiger partial charge on any atom is -0.496 e. The fourth-order valence-electron chi connectivity index (χ4n) is 6.30. The van der Waals surface area contributed by atoms with Crippen LogP contribution in [0.1, 0.15) is 36.6 Å². The first-order valence-electron chi connectivity index (χ1n) is 15.1. The van der Waals surface area contributed by atoms with Gasteiger partial charge in [0.15, 0.2) is 4.80 Å². The lowest BCUT2D eigenvalue weighted by molar-refractivity contribution is -0.139. The predicted molar refractivity (Wildman–Crippen MR) is 188 cm³/mol. The second kappa shape index (κ2) is 12.5. The Morgan fingerprint density at radius 2 is 1.77 bits per heavy atom. The van der Waals surface area contributed by atoms with Gasteiger partial charge in [-0.2, -0.15) is 0 Å². The maximum Gasteiger partial charge on any atom is 0.338 e. The van der Waals surface area contributed by atoms with Crippen molar-refractivity contribution in [2.24, 2.45) is 4.99 Å². The third kappa shape index (κ3) is 5.46. The molecule has 7 nitrogen and oxygen atoms in total. The van der Waals surface area contributed by atoms with Gasteiger partial charge >= 0.3 is 5.97 Å². The molecule has 0 saturated carbocycles. The summed E-state index contributed by atoms with van der Waals surface area (Å²) in [6.07, 6.45) is 3.93. The molecule has 2 aromatic heterocycles. The zero-order valence-electron chi connectivity index (χ0n) is 25.8. The van der Waals surface area contributed by atoms with Crippen molar-refractivity contribution >= 4 is 68.3 Å². The first-order chi connectivity index (χ1) is 22.8. The van der Waals surface area contributed by atoms with E-state index in [1.54, 1.807) is 31.6 Å². The van der Waals surface area contributed by atoms with Gasteiger partial charge in [-0.1, -0.05) is 89.1 Å². The van der Waals surface area contributed by atoms with Crippen molar-refractivity contribution in [2.75, 3.05) is 13.7 Å². The van der Waals surface area contributed by atoms with Gasteiger partial charge in [0.25, 0.3) is 5.56 Å². The first-order valence-corrected chi connectivity index (χ1v) is 16.6. The van der Waals surface area contributed by atoms with Gasteiger partial charge in [0.05, 0.1) is 39.6 Å². The van der Waals surface area contributed by atoms with Crippen LogP contribution in [0.25, 0.3) is 27.8 Å². The number of carbonyl (C=O) groups excluding carboxylic acids is 1. The fourth-order valence-corrected chi connectivity index (χ4v) is 7.66. The van der Waals surface area contributed by atoms with Gasteiger partial charge in [0.1, 0.15) is 11.8 Å². The number of fused-ring (bicyclic) bond motifs is 3. The van der Waals surface area contributed by atoms with Crippen LogP contribution in [0.15, 0.2) is 106 Å². The van der Waals surface area contributed by atoms with Crippen LogP contribution in [0.4, 0.5) is 0 Å². The van der Waals surface area contributed by atoms with Crippen molar-refractivity contribution in [2.45, 2.75) is 26.4 Å². The Morgan fingerprint density at radius 1 is 1.00 bits per heavy atom. The van der Waals surface area contributed by atoms with E-state index in [1.807, 2.05) is 85.1 Å². The number of ether oxygens (including phenoxy) is 2. The molecular formula is C37H29Cl2N3O4S. The van der Waals surface area contributed by atoms with Gasteiger partial charge in [-0.05, 0) is 60.5 Å². The van der Waals surface area contributed by atoms with Crippen molar-refractivity contribution in [3.8, 4) is 5.75 Å². The van der Waals surface area contributed by atoms with Crippen molar-refractivity contribution in [3.05, 3.63) is 143 Å². The molecule has 0 aliphatic carbocycles. The number of allylic oxidation sites excluding steroid dienone is 1.